The minimum absolute atomic E-state index is 0.00655. The van der Waals surface area contributed by atoms with Crippen molar-refractivity contribution in [1.82, 2.24) is 9.97 Å². The number of methoxy groups -OCH3 is 1. The molecule has 1 aromatic rings. The molecule has 4 nitrogen and oxygen atoms in total. The summed E-state index contributed by atoms with van der Waals surface area (Å²) in [5.74, 6) is 1.93. The van der Waals surface area contributed by atoms with Crippen LogP contribution >= 0.6 is 22.6 Å². The molecular formula is C13H22IN3O. The molecule has 1 aromatic heterocycles. The quantitative estimate of drug-likeness (QED) is 0.835. The molecule has 0 saturated carbocycles. The first-order valence-electron chi connectivity index (χ1n) is 6.05. The second kappa shape index (κ2) is 6.14. The zero-order chi connectivity index (χ0) is 13.9. The van der Waals surface area contributed by atoms with E-state index in [1.165, 1.54) is 0 Å². The minimum Gasteiger partial charge on any atom is -0.384 e. The summed E-state index contributed by atoms with van der Waals surface area (Å²) in [5, 5.41) is 3.15. The summed E-state index contributed by atoms with van der Waals surface area (Å²) in [6.07, 6.45) is 0. The van der Waals surface area contributed by atoms with Crippen molar-refractivity contribution in [2.75, 3.05) is 26.1 Å². The standard InChI is InChI=1S/C13H22IN3O/c1-8(7-18-6)11-16-10(13(2,3)4)9(14)12(15-5)17-11/h8H,7H2,1-6H3,(H,15,16,17). The summed E-state index contributed by atoms with van der Waals surface area (Å²) < 4.78 is 6.28. The van der Waals surface area contributed by atoms with E-state index in [0.29, 0.717) is 6.61 Å². The third kappa shape index (κ3) is 3.54. The minimum atomic E-state index is 0.00655. The van der Waals surface area contributed by atoms with Gasteiger partial charge in [0.2, 0.25) is 0 Å². The van der Waals surface area contributed by atoms with Gasteiger partial charge in [0.1, 0.15) is 11.6 Å². The Labute approximate surface area is 123 Å². The van der Waals surface area contributed by atoms with Crippen molar-refractivity contribution in [3.63, 3.8) is 0 Å². The highest BCUT2D eigenvalue weighted by atomic mass is 127. The van der Waals surface area contributed by atoms with Crippen molar-refractivity contribution < 1.29 is 4.74 Å². The summed E-state index contributed by atoms with van der Waals surface area (Å²) in [4.78, 5) is 9.31. The van der Waals surface area contributed by atoms with Crippen LogP contribution in [0.5, 0.6) is 0 Å². The van der Waals surface area contributed by atoms with Crippen LogP contribution in [0.2, 0.25) is 0 Å². The Morgan fingerprint density at radius 3 is 2.39 bits per heavy atom. The predicted octanol–water partition coefficient (Wildman–Crippen LogP) is 3.17. The van der Waals surface area contributed by atoms with Crippen molar-refractivity contribution in [3.8, 4) is 0 Å². The van der Waals surface area contributed by atoms with Crippen LogP contribution in [0.4, 0.5) is 5.82 Å². The highest BCUT2D eigenvalue weighted by molar-refractivity contribution is 14.1. The van der Waals surface area contributed by atoms with Crippen molar-refractivity contribution in [2.45, 2.75) is 39.0 Å². The largest absolute Gasteiger partial charge is 0.384 e. The van der Waals surface area contributed by atoms with Gasteiger partial charge in [0.05, 0.1) is 15.9 Å². The zero-order valence-corrected chi connectivity index (χ0v) is 14.1. The van der Waals surface area contributed by atoms with E-state index in [-0.39, 0.29) is 11.3 Å². The lowest BCUT2D eigenvalue weighted by Gasteiger charge is -2.23. The number of nitrogens with one attached hydrogen (secondary N) is 1. The summed E-state index contributed by atoms with van der Waals surface area (Å²) in [7, 11) is 3.59. The Morgan fingerprint density at radius 1 is 1.33 bits per heavy atom. The molecule has 0 aliphatic rings. The molecule has 0 aliphatic carbocycles. The van der Waals surface area contributed by atoms with E-state index in [2.05, 4.69) is 60.6 Å². The normalized spacial score (nSPS) is 13.5. The number of hydrogen-bond donors (Lipinski definition) is 1. The summed E-state index contributed by atoms with van der Waals surface area (Å²) >= 11 is 2.31. The van der Waals surface area contributed by atoms with E-state index < -0.39 is 0 Å². The van der Waals surface area contributed by atoms with Gasteiger partial charge in [-0.2, -0.15) is 0 Å². The van der Waals surface area contributed by atoms with Crippen LogP contribution < -0.4 is 5.32 Å². The van der Waals surface area contributed by atoms with Crippen LogP contribution in [0, 0.1) is 3.57 Å². The first-order valence-corrected chi connectivity index (χ1v) is 7.13. The Balaban J connectivity index is 3.31. The lowest BCUT2D eigenvalue weighted by Crippen LogP contribution is -2.20. The van der Waals surface area contributed by atoms with E-state index in [1.54, 1.807) is 7.11 Å². The SMILES string of the molecule is CNc1nc(C(C)COC)nc(C(C)(C)C)c1I. The molecular weight excluding hydrogens is 341 g/mol. The lowest BCUT2D eigenvalue weighted by molar-refractivity contribution is 0.181. The zero-order valence-electron chi connectivity index (χ0n) is 12.0. The molecule has 18 heavy (non-hydrogen) atoms. The third-order valence-corrected chi connectivity index (χ3v) is 3.69. The molecule has 1 atom stereocenters. The van der Waals surface area contributed by atoms with Crippen molar-refractivity contribution in [3.05, 3.63) is 15.1 Å². The molecule has 1 heterocycles. The van der Waals surface area contributed by atoms with Crippen LogP contribution in [0.25, 0.3) is 0 Å². The van der Waals surface area contributed by atoms with Gasteiger partial charge in [0.15, 0.2) is 0 Å². The molecule has 5 heteroatoms. The first-order chi connectivity index (χ1) is 8.31. The van der Waals surface area contributed by atoms with Gasteiger partial charge in [-0.15, -0.1) is 0 Å². The number of aromatic nitrogens is 2. The van der Waals surface area contributed by atoms with Gasteiger partial charge in [-0.1, -0.05) is 27.7 Å². The Kier molecular flexibility index (Phi) is 5.33. The fraction of sp³-hybridized carbons (Fsp3) is 0.692. The molecule has 0 spiro atoms. The number of halogens is 1. The number of rotatable bonds is 4. The molecule has 1 rings (SSSR count). The van der Waals surface area contributed by atoms with Gasteiger partial charge in [-0.3, -0.25) is 0 Å². The smallest absolute Gasteiger partial charge is 0.143 e. The van der Waals surface area contributed by atoms with E-state index in [0.717, 1.165) is 20.9 Å². The summed E-state index contributed by atoms with van der Waals surface area (Å²) in [6.45, 7) is 9.22. The lowest BCUT2D eigenvalue weighted by atomic mass is 9.91. The summed E-state index contributed by atoms with van der Waals surface area (Å²) in [5.41, 5.74) is 1.09. The second-order valence-electron chi connectivity index (χ2n) is 5.45. The molecule has 0 radical (unpaired) electrons. The molecule has 1 unspecified atom stereocenters. The van der Waals surface area contributed by atoms with Crippen molar-refractivity contribution >= 4 is 28.4 Å². The van der Waals surface area contributed by atoms with Gasteiger partial charge < -0.3 is 10.1 Å². The van der Waals surface area contributed by atoms with Gasteiger partial charge >= 0.3 is 0 Å². The fourth-order valence-corrected chi connectivity index (χ4v) is 2.99. The average molecular weight is 363 g/mol. The molecule has 0 aliphatic heterocycles. The number of anilines is 1. The predicted molar refractivity (Wildman–Crippen MR) is 83.3 cm³/mol. The maximum Gasteiger partial charge on any atom is 0.143 e. The fourth-order valence-electron chi connectivity index (χ4n) is 1.67. The van der Waals surface area contributed by atoms with Crippen molar-refractivity contribution in [1.29, 1.82) is 0 Å². The van der Waals surface area contributed by atoms with E-state index in [1.807, 2.05) is 7.05 Å². The van der Waals surface area contributed by atoms with Crippen LogP contribution in [0.15, 0.2) is 0 Å². The van der Waals surface area contributed by atoms with Crippen molar-refractivity contribution in [2.24, 2.45) is 0 Å². The average Bonchev–Trinajstić information content (AvgIpc) is 2.28. The molecule has 0 saturated heterocycles. The molecule has 102 valence electrons. The maximum atomic E-state index is 5.18. The van der Waals surface area contributed by atoms with Crippen LogP contribution in [0.1, 0.15) is 45.1 Å². The molecule has 0 amide bonds. The summed E-state index contributed by atoms with van der Waals surface area (Å²) in [6, 6.07) is 0. The molecule has 0 bridgehead atoms. The first kappa shape index (κ1) is 15.6. The topological polar surface area (TPSA) is 47.0 Å². The maximum absolute atomic E-state index is 5.18. The van der Waals surface area contributed by atoms with E-state index >= 15 is 0 Å². The Bertz CT molecular complexity index is 415. The number of ether oxygens (including phenoxy) is 1. The molecule has 0 fully saturated rings. The number of hydrogen-bond acceptors (Lipinski definition) is 4. The second-order valence-corrected chi connectivity index (χ2v) is 6.53. The molecule has 1 N–H and O–H groups in total. The highest BCUT2D eigenvalue weighted by Crippen LogP contribution is 2.30. The van der Waals surface area contributed by atoms with Gasteiger partial charge in [-0.25, -0.2) is 9.97 Å². The molecule has 0 aromatic carbocycles. The number of nitrogens with zero attached hydrogens (tertiary/aromatic N) is 2. The Morgan fingerprint density at radius 2 is 1.94 bits per heavy atom. The van der Waals surface area contributed by atoms with E-state index in [4.69, 9.17) is 9.72 Å². The van der Waals surface area contributed by atoms with Gasteiger partial charge in [-0.05, 0) is 22.6 Å². The third-order valence-electron chi connectivity index (χ3n) is 2.67. The van der Waals surface area contributed by atoms with Crippen LogP contribution in [-0.4, -0.2) is 30.7 Å². The van der Waals surface area contributed by atoms with Gasteiger partial charge in [0.25, 0.3) is 0 Å². The highest BCUT2D eigenvalue weighted by Gasteiger charge is 2.24. The monoisotopic (exact) mass is 363 g/mol. The van der Waals surface area contributed by atoms with Gasteiger partial charge in [0, 0.05) is 25.5 Å². The Hall–Kier alpha value is -0.430. The van der Waals surface area contributed by atoms with Crippen LogP contribution in [0.3, 0.4) is 0 Å². The van der Waals surface area contributed by atoms with Crippen LogP contribution in [-0.2, 0) is 10.2 Å². The van der Waals surface area contributed by atoms with E-state index in [9.17, 15) is 0 Å².